The Morgan fingerprint density at radius 3 is 2.47 bits per heavy atom. The van der Waals surface area contributed by atoms with Gasteiger partial charge in [0.2, 0.25) is 0 Å². The largest absolute Gasteiger partial charge is 0.466 e. The molecule has 0 bridgehead atoms. The number of ether oxygens (including phenoxy) is 1. The van der Waals surface area contributed by atoms with E-state index in [1.165, 1.54) is 5.57 Å². The Morgan fingerprint density at radius 2 is 2.00 bits per heavy atom. The first kappa shape index (κ1) is 12.3. The summed E-state index contributed by atoms with van der Waals surface area (Å²) in [5.74, 6) is 0.0133. The lowest BCUT2D eigenvalue weighted by atomic mass is 9.70. The van der Waals surface area contributed by atoms with Crippen LogP contribution >= 0.6 is 0 Å². The molecule has 1 rings (SSSR count). The first-order valence-corrected chi connectivity index (χ1v) is 5.98. The van der Waals surface area contributed by atoms with Crippen molar-refractivity contribution in [2.75, 3.05) is 6.61 Å². The molecule has 1 aliphatic carbocycles. The third-order valence-electron chi connectivity index (χ3n) is 3.35. The predicted octanol–water partition coefficient (Wildman–Crippen LogP) is 3.47. The van der Waals surface area contributed by atoms with Crippen LogP contribution in [-0.2, 0) is 9.53 Å². The number of esters is 1. The Morgan fingerprint density at radius 1 is 1.40 bits per heavy atom. The highest BCUT2D eigenvalue weighted by Crippen LogP contribution is 2.42. The lowest BCUT2D eigenvalue weighted by Gasteiger charge is -2.35. The van der Waals surface area contributed by atoms with Crippen LogP contribution in [0.3, 0.4) is 0 Å². The minimum atomic E-state index is -0.202. The molecule has 0 unspecified atom stereocenters. The molecule has 2 heteroatoms. The van der Waals surface area contributed by atoms with Crippen LogP contribution in [0.4, 0.5) is 0 Å². The average molecular weight is 210 g/mol. The Bertz CT molecular complexity index is 233. The van der Waals surface area contributed by atoms with Gasteiger partial charge in [0.05, 0.1) is 12.0 Å². The topological polar surface area (TPSA) is 26.3 Å². The molecule has 0 N–H and O–H groups in total. The van der Waals surface area contributed by atoms with Gasteiger partial charge in [0.25, 0.3) is 0 Å². The Hall–Kier alpha value is -0.790. The zero-order chi connectivity index (χ0) is 11.3. The second kappa shape index (κ2) is 5.34. The molecule has 2 nitrogen and oxygen atoms in total. The van der Waals surface area contributed by atoms with E-state index in [0.29, 0.717) is 6.61 Å². The van der Waals surface area contributed by atoms with Crippen molar-refractivity contribution in [2.24, 2.45) is 5.41 Å². The van der Waals surface area contributed by atoms with Crippen LogP contribution in [0.15, 0.2) is 12.2 Å². The van der Waals surface area contributed by atoms with Crippen LogP contribution in [0, 0.1) is 5.41 Å². The average Bonchev–Trinajstić information content (AvgIpc) is 2.22. The van der Waals surface area contributed by atoms with Crippen molar-refractivity contribution >= 4 is 5.97 Å². The van der Waals surface area contributed by atoms with E-state index in [0.717, 1.165) is 38.5 Å². The quantitative estimate of drug-likeness (QED) is 0.524. The van der Waals surface area contributed by atoms with Gasteiger partial charge in [0.1, 0.15) is 0 Å². The molecule has 0 saturated heterocycles. The summed E-state index contributed by atoms with van der Waals surface area (Å²) in [5, 5.41) is 0. The van der Waals surface area contributed by atoms with E-state index in [2.05, 4.69) is 13.5 Å². The SMILES string of the molecule is C=C1CCC(CCC)(C(=O)OCC)CC1. The van der Waals surface area contributed by atoms with Crippen LogP contribution in [0.1, 0.15) is 52.4 Å². The highest BCUT2D eigenvalue weighted by atomic mass is 16.5. The van der Waals surface area contributed by atoms with Crippen molar-refractivity contribution in [1.82, 2.24) is 0 Å². The van der Waals surface area contributed by atoms with Gasteiger partial charge in [-0.15, -0.1) is 0 Å². The van der Waals surface area contributed by atoms with E-state index in [4.69, 9.17) is 4.74 Å². The van der Waals surface area contributed by atoms with Gasteiger partial charge in [-0.2, -0.15) is 0 Å². The molecule has 0 heterocycles. The van der Waals surface area contributed by atoms with Gasteiger partial charge < -0.3 is 4.74 Å². The van der Waals surface area contributed by atoms with Crippen molar-refractivity contribution in [2.45, 2.75) is 52.4 Å². The van der Waals surface area contributed by atoms with Crippen molar-refractivity contribution in [1.29, 1.82) is 0 Å². The normalized spacial score (nSPS) is 20.0. The summed E-state index contributed by atoms with van der Waals surface area (Å²) in [4.78, 5) is 12.0. The Labute approximate surface area is 92.7 Å². The standard InChI is InChI=1S/C13H22O2/c1-4-8-13(12(14)15-5-2)9-6-11(3)7-10-13/h3-10H2,1-2H3. The third-order valence-corrected chi connectivity index (χ3v) is 3.35. The molecule has 0 atom stereocenters. The van der Waals surface area contributed by atoms with Crippen LogP contribution in [0.25, 0.3) is 0 Å². The van der Waals surface area contributed by atoms with E-state index in [-0.39, 0.29) is 11.4 Å². The molecule has 0 aliphatic heterocycles. The van der Waals surface area contributed by atoms with Gasteiger partial charge in [-0.3, -0.25) is 4.79 Å². The number of hydrogen-bond acceptors (Lipinski definition) is 2. The van der Waals surface area contributed by atoms with Crippen LogP contribution in [0.5, 0.6) is 0 Å². The molecular weight excluding hydrogens is 188 g/mol. The second-order valence-electron chi connectivity index (χ2n) is 4.50. The van der Waals surface area contributed by atoms with E-state index < -0.39 is 0 Å². The van der Waals surface area contributed by atoms with Gasteiger partial charge in [-0.05, 0) is 39.0 Å². The first-order chi connectivity index (χ1) is 7.14. The molecule has 0 aromatic carbocycles. The molecule has 0 radical (unpaired) electrons. The highest BCUT2D eigenvalue weighted by molar-refractivity contribution is 5.77. The molecule has 0 aromatic rings. The van der Waals surface area contributed by atoms with Crippen molar-refractivity contribution in [3.63, 3.8) is 0 Å². The van der Waals surface area contributed by atoms with Gasteiger partial charge in [0, 0.05) is 0 Å². The minimum absolute atomic E-state index is 0.0133. The van der Waals surface area contributed by atoms with Crippen LogP contribution in [-0.4, -0.2) is 12.6 Å². The van der Waals surface area contributed by atoms with Gasteiger partial charge in [-0.25, -0.2) is 0 Å². The first-order valence-electron chi connectivity index (χ1n) is 5.98. The monoisotopic (exact) mass is 210 g/mol. The molecule has 0 spiro atoms. The van der Waals surface area contributed by atoms with E-state index >= 15 is 0 Å². The number of carbonyl (C=O) groups is 1. The molecule has 1 fully saturated rings. The highest BCUT2D eigenvalue weighted by Gasteiger charge is 2.40. The molecule has 1 saturated carbocycles. The van der Waals surface area contributed by atoms with Gasteiger partial charge in [0.15, 0.2) is 0 Å². The molecule has 15 heavy (non-hydrogen) atoms. The van der Waals surface area contributed by atoms with Crippen molar-refractivity contribution in [3.05, 3.63) is 12.2 Å². The van der Waals surface area contributed by atoms with E-state index in [9.17, 15) is 4.79 Å². The lowest BCUT2D eigenvalue weighted by molar-refractivity contribution is -0.157. The summed E-state index contributed by atoms with van der Waals surface area (Å²) < 4.78 is 5.20. The van der Waals surface area contributed by atoms with E-state index in [1.54, 1.807) is 0 Å². The summed E-state index contributed by atoms with van der Waals surface area (Å²) in [7, 11) is 0. The molecular formula is C13H22O2. The van der Waals surface area contributed by atoms with Gasteiger partial charge in [-0.1, -0.05) is 25.5 Å². The lowest BCUT2D eigenvalue weighted by Crippen LogP contribution is -2.35. The Balaban J connectivity index is 2.69. The summed E-state index contributed by atoms with van der Waals surface area (Å²) in [6, 6.07) is 0. The maximum Gasteiger partial charge on any atom is 0.312 e. The van der Waals surface area contributed by atoms with Crippen molar-refractivity contribution < 1.29 is 9.53 Å². The fourth-order valence-corrected chi connectivity index (χ4v) is 2.40. The maximum atomic E-state index is 12.0. The Kier molecular flexibility index (Phi) is 4.37. The summed E-state index contributed by atoms with van der Waals surface area (Å²) >= 11 is 0. The number of carbonyl (C=O) groups excluding carboxylic acids is 1. The molecule has 0 amide bonds. The molecule has 86 valence electrons. The predicted molar refractivity (Wildman–Crippen MR) is 61.6 cm³/mol. The van der Waals surface area contributed by atoms with Crippen LogP contribution < -0.4 is 0 Å². The fraction of sp³-hybridized carbons (Fsp3) is 0.769. The fourth-order valence-electron chi connectivity index (χ4n) is 2.40. The maximum absolute atomic E-state index is 12.0. The summed E-state index contributed by atoms with van der Waals surface area (Å²) in [5.41, 5.74) is 1.08. The molecule has 0 aromatic heterocycles. The zero-order valence-corrected chi connectivity index (χ0v) is 9.97. The number of allylic oxidation sites excluding steroid dienone is 1. The number of rotatable bonds is 4. The zero-order valence-electron chi connectivity index (χ0n) is 9.97. The smallest absolute Gasteiger partial charge is 0.312 e. The second-order valence-corrected chi connectivity index (χ2v) is 4.50. The summed E-state index contributed by atoms with van der Waals surface area (Å²) in [6.45, 7) is 8.49. The summed E-state index contributed by atoms with van der Waals surface area (Å²) in [6.07, 6.45) is 5.83. The number of hydrogen-bond donors (Lipinski definition) is 0. The van der Waals surface area contributed by atoms with Gasteiger partial charge >= 0.3 is 5.97 Å². The minimum Gasteiger partial charge on any atom is -0.466 e. The van der Waals surface area contributed by atoms with E-state index in [1.807, 2.05) is 6.92 Å². The third kappa shape index (κ3) is 2.83. The molecule has 1 aliphatic rings. The van der Waals surface area contributed by atoms with Crippen LogP contribution in [0.2, 0.25) is 0 Å². The van der Waals surface area contributed by atoms with Crippen molar-refractivity contribution in [3.8, 4) is 0 Å².